The molecule has 1 atom stereocenters. The van der Waals surface area contributed by atoms with Gasteiger partial charge in [0.15, 0.2) is 5.58 Å². The first-order chi connectivity index (χ1) is 32.2. The molecular formula is C59H40BN3O2. The Hall–Kier alpha value is -8.22. The van der Waals surface area contributed by atoms with Crippen molar-refractivity contribution in [3.63, 3.8) is 0 Å². The van der Waals surface area contributed by atoms with Crippen molar-refractivity contribution in [2.24, 2.45) is 0 Å². The molecule has 0 N–H and O–H groups in total. The van der Waals surface area contributed by atoms with E-state index in [0.717, 1.165) is 73.8 Å². The van der Waals surface area contributed by atoms with Crippen LogP contribution in [0.3, 0.4) is 0 Å². The first-order valence-corrected chi connectivity index (χ1v) is 22.6. The Bertz CT molecular complexity index is 3790. The average Bonchev–Trinajstić information content (AvgIpc) is 3.91. The molecule has 9 aromatic carbocycles. The average molecular weight is 834 g/mol. The van der Waals surface area contributed by atoms with Crippen LogP contribution in [0.15, 0.2) is 216 Å². The number of benzene rings is 9. The zero-order valence-electron chi connectivity index (χ0n) is 35.6. The van der Waals surface area contributed by atoms with Crippen LogP contribution in [0.1, 0.15) is 12.5 Å². The molecule has 0 amide bonds. The molecule has 0 bridgehead atoms. The molecular weight excluding hydrogens is 793 g/mol. The molecule has 0 saturated carbocycles. The van der Waals surface area contributed by atoms with E-state index in [9.17, 15) is 0 Å². The fraction of sp³-hybridized carbons (Fsp3) is 0.0508. The Morgan fingerprint density at radius 3 is 2.15 bits per heavy atom. The Balaban J connectivity index is 1.14. The lowest BCUT2D eigenvalue weighted by atomic mass is 9.45. The molecule has 5 heterocycles. The summed E-state index contributed by atoms with van der Waals surface area (Å²) in [4.78, 5) is 4.85. The summed E-state index contributed by atoms with van der Waals surface area (Å²) < 4.78 is 16.9. The number of aromatic nitrogens is 1. The molecule has 0 aliphatic carbocycles. The Morgan fingerprint density at radius 1 is 0.600 bits per heavy atom. The quantitative estimate of drug-likeness (QED) is 0.165. The lowest BCUT2D eigenvalue weighted by Crippen LogP contribution is -2.57. The maximum atomic E-state index is 7.19. The van der Waals surface area contributed by atoms with Gasteiger partial charge in [-0.3, -0.25) is 0 Å². The monoisotopic (exact) mass is 833 g/mol. The van der Waals surface area contributed by atoms with Gasteiger partial charge in [0, 0.05) is 60.9 Å². The lowest BCUT2D eigenvalue weighted by Gasteiger charge is -2.42. The van der Waals surface area contributed by atoms with Gasteiger partial charge in [0.2, 0.25) is 0 Å². The molecule has 3 aliphatic heterocycles. The van der Waals surface area contributed by atoms with Crippen molar-refractivity contribution >= 4 is 101 Å². The number of nitrogens with zero attached hydrogens (tertiary/aromatic N) is 3. The number of hydrogen-bond donors (Lipinski definition) is 0. The minimum Gasteiger partial charge on any atom is -0.484 e. The van der Waals surface area contributed by atoms with Crippen molar-refractivity contribution in [2.45, 2.75) is 19.4 Å². The standard InChI is InChI=1S/C59H40BN3O2/c1-37-51(28-13-10-17-38-18-11-14-29-54(38)64-37)62-53-35-43(61(41-21-4-2-5-22-41)42-23-6-3-7-24-42)31-32-50(53)60-56-48(36-49-44-25-12-15-30-55(44)65-59(49)58(56)62)46-27-16-26-45-47-33-39-19-8-9-20-40(39)34-52(47)63(60)57(45)46/h2-16,18-37H,17H2,1H3/b13-10-,51-28?. The van der Waals surface area contributed by atoms with Gasteiger partial charge in [-0.2, -0.15) is 0 Å². The number of allylic oxidation sites excluding steroid dienone is 3. The van der Waals surface area contributed by atoms with E-state index in [0.29, 0.717) is 0 Å². The number of fused-ring (bicyclic) bond motifs is 13. The molecule has 3 aliphatic rings. The van der Waals surface area contributed by atoms with Crippen LogP contribution < -0.4 is 25.5 Å². The molecule has 2 aromatic heterocycles. The summed E-state index contributed by atoms with van der Waals surface area (Å²) in [5.74, 6) is 0.895. The first-order valence-electron chi connectivity index (χ1n) is 22.6. The maximum Gasteiger partial charge on any atom is 0.333 e. The van der Waals surface area contributed by atoms with E-state index in [1.807, 2.05) is 0 Å². The summed E-state index contributed by atoms with van der Waals surface area (Å²) in [6.45, 7) is 2.01. The summed E-state index contributed by atoms with van der Waals surface area (Å²) in [6.07, 6.45) is 7.15. The molecule has 5 nitrogen and oxygen atoms in total. The van der Waals surface area contributed by atoms with Crippen molar-refractivity contribution in [1.82, 2.24) is 4.48 Å². The number of para-hydroxylation sites is 5. The van der Waals surface area contributed by atoms with Gasteiger partial charge in [-0.15, -0.1) is 0 Å². The fourth-order valence-electron chi connectivity index (χ4n) is 11.1. The second-order valence-corrected chi connectivity index (χ2v) is 17.5. The van der Waals surface area contributed by atoms with E-state index in [4.69, 9.17) is 9.15 Å². The van der Waals surface area contributed by atoms with E-state index >= 15 is 0 Å². The molecule has 6 heteroatoms. The van der Waals surface area contributed by atoms with Crippen LogP contribution in [0, 0.1) is 0 Å². The maximum absolute atomic E-state index is 7.19. The highest BCUT2D eigenvalue weighted by Gasteiger charge is 2.46. The van der Waals surface area contributed by atoms with Crippen molar-refractivity contribution in [3.8, 4) is 16.9 Å². The van der Waals surface area contributed by atoms with Gasteiger partial charge in [-0.1, -0.05) is 133 Å². The van der Waals surface area contributed by atoms with Crippen molar-refractivity contribution in [3.05, 3.63) is 218 Å². The van der Waals surface area contributed by atoms with Crippen LogP contribution in [-0.4, -0.2) is 17.4 Å². The smallest absolute Gasteiger partial charge is 0.333 e. The van der Waals surface area contributed by atoms with Crippen LogP contribution in [0.4, 0.5) is 28.4 Å². The van der Waals surface area contributed by atoms with Crippen molar-refractivity contribution < 1.29 is 9.15 Å². The van der Waals surface area contributed by atoms with Crippen LogP contribution in [0.5, 0.6) is 5.75 Å². The van der Waals surface area contributed by atoms with Gasteiger partial charge in [-0.25, -0.2) is 0 Å². The molecule has 0 spiro atoms. The predicted molar refractivity (Wildman–Crippen MR) is 271 cm³/mol. The molecule has 65 heavy (non-hydrogen) atoms. The molecule has 0 saturated heterocycles. The molecule has 0 fully saturated rings. The summed E-state index contributed by atoms with van der Waals surface area (Å²) in [5.41, 5.74) is 16.6. The van der Waals surface area contributed by atoms with Gasteiger partial charge in [-0.05, 0) is 119 Å². The summed E-state index contributed by atoms with van der Waals surface area (Å²) >= 11 is 0. The molecule has 14 rings (SSSR count). The van der Waals surface area contributed by atoms with Crippen LogP contribution in [0.25, 0.3) is 65.6 Å². The summed E-state index contributed by atoms with van der Waals surface area (Å²) in [7, 11) is 0. The number of ether oxygens (including phenoxy) is 1. The fourth-order valence-corrected chi connectivity index (χ4v) is 11.1. The van der Waals surface area contributed by atoms with E-state index in [1.54, 1.807) is 0 Å². The van der Waals surface area contributed by atoms with Gasteiger partial charge < -0.3 is 23.4 Å². The lowest BCUT2D eigenvalue weighted by molar-refractivity contribution is 0.253. The van der Waals surface area contributed by atoms with Crippen LogP contribution in [-0.2, 0) is 6.42 Å². The van der Waals surface area contributed by atoms with E-state index < -0.39 is 0 Å². The van der Waals surface area contributed by atoms with Gasteiger partial charge in [0.1, 0.15) is 17.4 Å². The van der Waals surface area contributed by atoms with Crippen molar-refractivity contribution in [2.75, 3.05) is 9.80 Å². The van der Waals surface area contributed by atoms with Crippen LogP contribution in [0.2, 0.25) is 0 Å². The second-order valence-electron chi connectivity index (χ2n) is 17.5. The first kappa shape index (κ1) is 36.3. The van der Waals surface area contributed by atoms with E-state index in [-0.39, 0.29) is 13.0 Å². The second kappa shape index (κ2) is 13.9. The third-order valence-electron chi connectivity index (χ3n) is 13.9. The zero-order valence-corrected chi connectivity index (χ0v) is 35.6. The SMILES string of the molecule is CC1Oc2ccccc2C/C=C\C=C1N1c2cc(N(c3ccccc3)c3ccccc3)ccc2B2c3c(cc4c(oc5ccccc54)c31)-c1cccc3c4cc5ccccc5cc4n2c13. The van der Waals surface area contributed by atoms with E-state index in [2.05, 4.69) is 227 Å². The van der Waals surface area contributed by atoms with E-state index in [1.165, 1.54) is 54.6 Å². The number of hydrogen-bond acceptors (Lipinski definition) is 4. The summed E-state index contributed by atoms with van der Waals surface area (Å²) in [6, 6.07) is 68.2. The summed E-state index contributed by atoms with van der Waals surface area (Å²) in [5, 5.41) is 7.18. The normalized spacial score (nSPS) is 15.5. The largest absolute Gasteiger partial charge is 0.484 e. The topological polar surface area (TPSA) is 33.8 Å². The Kier molecular flexibility index (Phi) is 7.76. The molecule has 1 unspecified atom stereocenters. The molecule has 0 radical (unpaired) electrons. The number of anilines is 5. The molecule has 11 aromatic rings. The van der Waals surface area contributed by atoms with Gasteiger partial charge >= 0.3 is 6.85 Å². The third kappa shape index (κ3) is 5.28. The van der Waals surface area contributed by atoms with Crippen LogP contribution >= 0.6 is 0 Å². The number of furan rings is 1. The highest BCUT2D eigenvalue weighted by atomic mass is 16.5. The highest BCUT2D eigenvalue weighted by Crippen LogP contribution is 2.50. The minimum atomic E-state index is -0.344. The zero-order chi connectivity index (χ0) is 42.8. The third-order valence-corrected chi connectivity index (χ3v) is 13.9. The Morgan fingerprint density at radius 2 is 1.32 bits per heavy atom. The number of rotatable bonds is 4. The van der Waals surface area contributed by atoms with Crippen molar-refractivity contribution in [1.29, 1.82) is 0 Å². The predicted octanol–water partition coefficient (Wildman–Crippen LogP) is 13.9. The van der Waals surface area contributed by atoms with Gasteiger partial charge in [0.05, 0.1) is 11.4 Å². The molecule has 306 valence electrons. The Labute approximate surface area is 376 Å². The minimum absolute atomic E-state index is 0.180. The highest BCUT2D eigenvalue weighted by molar-refractivity contribution is 6.90. The van der Waals surface area contributed by atoms with Gasteiger partial charge in [0.25, 0.3) is 0 Å².